The lowest BCUT2D eigenvalue weighted by atomic mass is 10.2. The van der Waals surface area contributed by atoms with Crippen LogP contribution in [0.4, 0.5) is 11.4 Å². The smallest absolute Gasteiger partial charge is 0.338 e. The molecule has 3 aromatic rings. The van der Waals surface area contributed by atoms with Crippen LogP contribution in [0.3, 0.4) is 0 Å². The van der Waals surface area contributed by atoms with Crippen molar-refractivity contribution in [1.29, 1.82) is 0 Å². The number of rotatable bonds is 10. The Kier molecular flexibility index (Phi) is 8.07. The molecule has 7 nitrogen and oxygen atoms in total. The maximum absolute atomic E-state index is 13.5. The SMILES string of the molecule is CCCCOC(=O)c1ccc(N2C(=O)C(Nc3cccc(OC)c3)=C(Sc3ccccc3)C2=O)cc1. The average Bonchev–Trinajstić information content (AvgIpc) is 3.13. The number of carbonyl (C=O) groups is 3. The van der Waals surface area contributed by atoms with Crippen molar-refractivity contribution in [1.82, 2.24) is 0 Å². The standard InChI is InChI=1S/C28H26N2O5S/c1-3-4-17-35-28(33)19-13-15-21(16-14-19)30-26(31)24(29-20-9-8-10-22(18-20)34-2)25(27(30)32)36-23-11-6-5-7-12-23/h5-16,18,29H,3-4,17H2,1-2H3. The number of nitrogens with one attached hydrogen (secondary N) is 1. The zero-order valence-corrected chi connectivity index (χ0v) is 20.8. The summed E-state index contributed by atoms with van der Waals surface area (Å²) in [5.74, 6) is -0.752. The number of unbranched alkanes of at least 4 members (excludes halogenated alkanes) is 1. The molecule has 0 saturated carbocycles. The first kappa shape index (κ1) is 25.1. The Morgan fingerprint density at radius 2 is 1.69 bits per heavy atom. The Labute approximate surface area is 214 Å². The minimum atomic E-state index is -0.487. The lowest BCUT2D eigenvalue weighted by Gasteiger charge is -2.16. The molecule has 1 aliphatic heterocycles. The Hall–Kier alpha value is -4.04. The van der Waals surface area contributed by atoms with E-state index in [-0.39, 0.29) is 10.6 Å². The van der Waals surface area contributed by atoms with E-state index in [1.54, 1.807) is 55.6 Å². The summed E-state index contributed by atoms with van der Waals surface area (Å²) in [6.07, 6.45) is 1.71. The fourth-order valence-corrected chi connectivity index (χ4v) is 4.49. The van der Waals surface area contributed by atoms with Gasteiger partial charge in [0.1, 0.15) is 16.4 Å². The fourth-order valence-electron chi connectivity index (χ4n) is 3.54. The minimum absolute atomic E-state index is 0.171. The molecule has 0 spiro atoms. The summed E-state index contributed by atoms with van der Waals surface area (Å²) in [4.78, 5) is 41.5. The number of hydrogen-bond donors (Lipinski definition) is 1. The van der Waals surface area contributed by atoms with Gasteiger partial charge in [0.05, 0.1) is 25.0 Å². The number of methoxy groups -OCH3 is 1. The van der Waals surface area contributed by atoms with E-state index in [4.69, 9.17) is 9.47 Å². The summed E-state index contributed by atoms with van der Waals surface area (Å²) in [6.45, 7) is 2.37. The van der Waals surface area contributed by atoms with Crippen LogP contribution < -0.4 is 15.0 Å². The molecule has 0 atom stereocenters. The van der Waals surface area contributed by atoms with Gasteiger partial charge in [-0.05, 0) is 55.0 Å². The molecule has 0 bridgehead atoms. The van der Waals surface area contributed by atoms with Crippen molar-refractivity contribution in [2.75, 3.05) is 23.9 Å². The first-order valence-corrected chi connectivity index (χ1v) is 12.4. The van der Waals surface area contributed by atoms with Crippen molar-refractivity contribution < 1.29 is 23.9 Å². The number of hydrogen-bond acceptors (Lipinski definition) is 7. The number of carbonyl (C=O) groups excluding carboxylic acids is 3. The first-order valence-electron chi connectivity index (χ1n) is 11.6. The van der Waals surface area contributed by atoms with Gasteiger partial charge in [0.15, 0.2) is 0 Å². The van der Waals surface area contributed by atoms with Crippen molar-refractivity contribution in [3.63, 3.8) is 0 Å². The van der Waals surface area contributed by atoms with E-state index < -0.39 is 17.8 Å². The monoisotopic (exact) mass is 502 g/mol. The van der Waals surface area contributed by atoms with Crippen molar-refractivity contribution in [2.45, 2.75) is 24.7 Å². The molecule has 0 unspecified atom stereocenters. The third-order valence-corrected chi connectivity index (χ3v) is 6.53. The molecule has 2 amide bonds. The van der Waals surface area contributed by atoms with Crippen molar-refractivity contribution >= 4 is 40.9 Å². The summed E-state index contributed by atoms with van der Waals surface area (Å²) in [7, 11) is 1.56. The molecule has 3 aromatic carbocycles. The molecule has 0 saturated heterocycles. The molecule has 1 heterocycles. The third-order valence-electron chi connectivity index (χ3n) is 5.44. The number of nitrogens with zero attached hydrogens (tertiary/aromatic N) is 1. The van der Waals surface area contributed by atoms with Crippen LogP contribution in [0.2, 0.25) is 0 Å². The fraction of sp³-hybridized carbons (Fsp3) is 0.179. The maximum atomic E-state index is 13.5. The van der Waals surface area contributed by atoms with Crippen LogP contribution in [0.5, 0.6) is 5.75 Å². The molecular formula is C28H26N2O5S. The predicted octanol–water partition coefficient (Wildman–Crippen LogP) is 5.64. The van der Waals surface area contributed by atoms with Crippen molar-refractivity contribution in [2.24, 2.45) is 0 Å². The van der Waals surface area contributed by atoms with E-state index in [1.807, 2.05) is 37.3 Å². The number of esters is 1. The van der Waals surface area contributed by atoms with Gasteiger partial charge in [0.25, 0.3) is 11.8 Å². The number of benzene rings is 3. The number of ether oxygens (including phenoxy) is 2. The molecule has 0 fully saturated rings. The van der Waals surface area contributed by atoms with Crippen LogP contribution in [0.1, 0.15) is 30.1 Å². The van der Waals surface area contributed by atoms with Crippen LogP contribution in [0, 0.1) is 0 Å². The summed E-state index contributed by atoms with van der Waals surface area (Å²) < 4.78 is 10.5. The molecule has 1 N–H and O–H groups in total. The molecule has 0 radical (unpaired) electrons. The second kappa shape index (κ2) is 11.6. The van der Waals surface area contributed by atoms with Gasteiger partial charge in [-0.2, -0.15) is 0 Å². The predicted molar refractivity (Wildman–Crippen MR) is 140 cm³/mol. The molecule has 36 heavy (non-hydrogen) atoms. The summed E-state index contributed by atoms with van der Waals surface area (Å²) in [6, 6.07) is 22.8. The molecule has 0 aromatic heterocycles. The molecule has 0 aliphatic carbocycles. The highest BCUT2D eigenvalue weighted by Crippen LogP contribution is 2.38. The molecular weight excluding hydrogens is 476 g/mol. The number of thioether (sulfide) groups is 1. The van der Waals surface area contributed by atoms with Gasteiger partial charge in [-0.15, -0.1) is 0 Å². The van der Waals surface area contributed by atoms with Gasteiger partial charge in [-0.1, -0.05) is 49.4 Å². The molecule has 1 aliphatic rings. The van der Waals surface area contributed by atoms with E-state index in [1.165, 1.54) is 11.8 Å². The second-order valence-corrected chi connectivity index (χ2v) is 9.04. The van der Waals surface area contributed by atoms with Crippen LogP contribution in [0.15, 0.2) is 94.4 Å². The van der Waals surface area contributed by atoms with E-state index in [0.717, 1.165) is 22.6 Å². The summed E-state index contributed by atoms with van der Waals surface area (Å²) >= 11 is 1.22. The molecule has 8 heteroatoms. The third kappa shape index (κ3) is 5.60. The molecule has 4 rings (SSSR count). The van der Waals surface area contributed by atoms with Gasteiger partial charge in [0.2, 0.25) is 0 Å². The van der Waals surface area contributed by atoms with E-state index in [0.29, 0.717) is 29.3 Å². The van der Waals surface area contributed by atoms with Crippen LogP contribution in [-0.4, -0.2) is 31.5 Å². The highest BCUT2D eigenvalue weighted by atomic mass is 32.2. The van der Waals surface area contributed by atoms with Crippen LogP contribution in [0.25, 0.3) is 0 Å². The van der Waals surface area contributed by atoms with Gasteiger partial charge >= 0.3 is 5.97 Å². The number of imide groups is 1. The lowest BCUT2D eigenvalue weighted by Crippen LogP contribution is -2.32. The first-order chi connectivity index (χ1) is 17.5. The highest BCUT2D eigenvalue weighted by Gasteiger charge is 2.40. The van der Waals surface area contributed by atoms with E-state index in [2.05, 4.69) is 5.32 Å². The maximum Gasteiger partial charge on any atom is 0.338 e. The lowest BCUT2D eigenvalue weighted by molar-refractivity contribution is -0.120. The summed E-state index contributed by atoms with van der Waals surface area (Å²) in [5.41, 5.74) is 1.51. The van der Waals surface area contributed by atoms with E-state index >= 15 is 0 Å². The van der Waals surface area contributed by atoms with E-state index in [9.17, 15) is 14.4 Å². The largest absolute Gasteiger partial charge is 0.497 e. The van der Waals surface area contributed by atoms with Crippen LogP contribution >= 0.6 is 11.8 Å². The van der Waals surface area contributed by atoms with Crippen LogP contribution in [-0.2, 0) is 14.3 Å². The number of amides is 2. The Balaban J connectivity index is 1.62. The highest BCUT2D eigenvalue weighted by molar-refractivity contribution is 8.04. The van der Waals surface area contributed by atoms with Gasteiger partial charge < -0.3 is 14.8 Å². The average molecular weight is 503 g/mol. The Bertz CT molecular complexity index is 1290. The van der Waals surface area contributed by atoms with Gasteiger partial charge in [-0.3, -0.25) is 9.59 Å². The zero-order valence-electron chi connectivity index (χ0n) is 20.0. The normalized spacial score (nSPS) is 13.2. The topological polar surface area (TPSA) is 84.9 Å². The zero-order chi connectivity index (χ0) is 25.5. The number of anilines is 2. The minimum Gasteiger partial charge on any atom is -0.497 e. The Morgan fingerprint density at radius 3 is 2.39 bits per heavy atom. The second-order valence-electron chi connectivity index (χ2n) is 7.96. The van der Waals surface area contributed by atoms with Crippen molar-refractivity contribution in [3.05, 3.63) is 95.0 Å². The van der Waals surface area contributed by atoms with Crippen molar-refractivity contribution in [3.8, 4) is 5.75 Å². The summed E-state index contributed by atoms with van der Waals surface area (Å²) in [5, 5.41) is 3.12. The quantitative estimate of drug-likeness (QED) is 0.218. The van der Waals surface area contributed by atoms with Gasteiger partial charge in [-0.25, -0.2) is 9.69 Å². The molecule has 184 valence electrons. The van der Waals surface area contributed by atoms with Gasteiger partial charge in [0, 0.05) is 16.6 Å². The Morgan fingerprint density at radius 1 is 0.944 bits per heavy atom.